The molecule has 0 unspecified atom stereocenters. The van der Waals surface area contributed by atoms with Crippen LogP contribution in [-0.2, 0) is 15.8 Å². The molecule has 3 nitrogen and oxygen atoms in total. The molecule has 1 aliphatic heterocycles. The number of nitrogens with zero attached hydrogens (tertiary/aromatic N) is 1. The number of pyridine rings is 1. The molecule has 2 rings (SSSR count). The molecule has 6 heteroatoms. The van der Waals surface area contributed by atoms with E-state index < -0.39 is 26.3 Å². The van der Waals surface area contributed by atoms with Gasteiger partial charge in [0.2, 0.25) is 9.84 Å². The van der Waals surface area contributed by atoms with E-state index in [4.69, 9.17) is 0 Å². The minimum atomic E-state index is -3.74. The Hall–Kier alpha value is -1.30. The molecule has 0 amide bonds. The van der Waals surface area contributed by atoms with Gasteiger partial charge in [0.15, 0.2) is 0 Å². The van der Waals surface area contributed by atoms with Gasteiger partial charge in [-0.1, -0.05) is 0 Å². The van der Waals surface area contributed by atoms with Crippen molar-refractivity contribution in [3.05, 3.63) is 35.5 Å². The first kappa shape index (κ1) is 9.26. The molecule has 1 aromatic heterocycles. The third-order valence-corrected chi connectivity index (χ3v) is 3.29. The lowest BCUT2D eigenvalue weighted by atomic mass is 10.2. The second kappa shape index (κ2) is 2.60. The number of allylic oxidation sites excluding steroid dienone is 1. The number of halogens is 2. The maximum absolute atomic E-state index is 13.1. The van der Waals surface area contributed by atoms with Gasteiger partial charge in [-0.3, -0.25) is 4.98 Å². The minimum absolute atomic E-state index is 0.345. The van der Waals surface area contributed by atoms with Crippen LogP contribution in [0.1, 0.15) is 5.69 Å². The fourth-order valence-corrected chi connectivity index (χ4v) is 2.42. The van der Waals surface area contributed by atoms with Crippen molar-refractivity contribution in [3.63, 3.8) is 0 Å². The Labute approximate surface area is 79.0 Å². The van der Waals surface area contributed by atoms with Gasteiger partial charge in [-0.05, 0) is 12.1 Å². The average Bonchev–Trinajstić information content (AvgIpc) is 2.14. The van der Waals surface area contributed by atoms with Crippen LogP contribution in [0.3, 0.4) is 0 Å². The number of hydrogen-bond donors (Lipinski definition) is 0. The van der Waals surface area contributed by atoms with Gasteiger partial charge in [0.25, 0.3) is 0 Å². The highest BCUT2D eigenvalue weighted by Gasteiger charge is 2.39. The summed E-state index contributed by atoms with van der Waals surface area (Å²) in [5, 5.41) is 0.511. The van der Waals surface area contributed by atoms with Crippen molar-refractivity contribution in [2.75, 3.05) is 0 Å². The molecule has 2 heterocycles. The summed E-state index contributed by atoms with van der Waals surface area (Å²) in [5.74, 6) is -3.30. The first-order chi connectivity index (χ1) is 6.43. The zero-order chi connectivity index (χ0) is 10.4. The van der Waals surface area contributed by atoms with Crippen LogP contribution >= 0.6 is 0 Å². The van der Waals surface area contributed by atoms with Crippen LogP contribution in [0.15, 0.2) is 34.7 Å². The Balaban J connectivity index is 2.81. The summed E-state index contributed by atoms with van der Waals surface area (Å²) < 4.78 is 48.9. The predicted molar refractivity (Wildman–Crippen MR) is 44.5 cm³/mol. The van der Waals surface area contributed by atoms with Gasteiger partial charge in [-0.2, -0.15) is 8.78 Å². The Kier molecular flexibility index (Phi) is 1.72. The molecule has 0 aliphatic carbocycles. The van der Waals surface area contributed by atoms with E-state index in [2.05, 4.69) is 4.98 Å². The molecule has 0 spiro atoms. The number of hydrogen-bond acceptors (Lipinski definition) is 3. The van der Waals surface area contributed by atoms with Gasteiger partial charge in [-0.15, -0.1) is 0 Å². The average molecular weight is 217 g/mol. The molecule has 0 saturated carbocycles. The van der Waals surface area contributed by atoms with Gasteiger partial charge in [0, 0.05) is 17.7 Å². The van der Waals surface area contributed by atoms with E-state index in [0.717, 1.165) is 12.3 Å². The second-order valence-corrected chi connectivity index (χ2v) is 4.62. The first-order valence-electron chi connectivity index (χ1n) is 3.71. The largest absolute Gasteiger partial charge is 0.310 e. The lowest BCUT2D eigenvalue weighted by molar-refractivity contribution is 0.0430. The molecule has 74 valence electrons. The van der Waals surface area contributed by atoms with E-state index >= 15 is 0 Å². The highest BCUT2D eigenvalue weighted by atomic mass is 32.2. The molecule has 0 saturated heterocycles. The Morgan fingerprint density at radius 1 is 1.36 bits per heavy atom. The van der Waals surface area contributed by atoms with Crippen LogP contribution in [0.5, 0.6) is 0 Å². The summed E-state index contributed by atoms with van der Waals surface area (Å²) in [4.78, 5) is 2.96. The quantitative estimate of drug-likeness (QED) is 0.661. The molecular weight excluding hydrogens is 212 g/mol. The van der Waals surface area contributed by atoms with Gasteiger partial charge in [-0.25, -0.2) is 8.42 Å². The number of rotatable bonds is 0. The smallest absolute Gasteiger partial charge is 0.253 e. The molecule has 0 atom stereocenters. The van der Waals surface area contributed by atoms with Crippen molar-refractivity contribution in [1.29, 1.82) is 0 Å². The van der Waals surface area contributed by atoms with Gasteiger partial charge < -0.3 is 0 Å². The van der Waals surface area contributed by atoms with E-state index in [1.165, 1.54) is 6.07 Å². The zero-order valence-corrected chi connectivity index (χ0v) is 7.63. The predicted octanol–water partition coefficient (Wildman–Crippen LogP) is 1.47. The Morgan fingerprint density at radius 2 is 2.07 bits per heavy atom. The van der Waals surface area contributed by atoms with Gasteiger partial charge in [0.1, 0.15) is 5.69 Å². The summed E-state index contributed by atoms with van der Waals surface area (Å²) in [6.45, 7) is 0. The summed E-state index contributed by atoms with van der Waals surface area (Å²) >= 11 is 0. The number of alkyl halides is 2. The minimum Gasteiger partial charge on any atom is -0.253 e. The van der Waals surface area contributed by atoms with Crippen LogP contribution in [0.2, 0.25) is 0 Å². The summed E-state index contributed by atoms with van der Waals surface area (Å²) in [6, 6.07) is 2.43. The second-order valence-electron chi connectivity index (χ2n) is 2.82. The van der Waals surface area contributed by atoms with Crippen molar-refractivity contribution in [2.45, 2.75) is 10.8 Å². The number of sulfone groups is 1. The van der Waals surface area contributed by atoms with E-state index in [0.29, 0.717) is 11.5 Å². The monoisotopic (exact) mass is 217 g/mol. The summed E-state index contributed by atoms with van der Waals surface area (Å²) in [5.41, 5.74) is -0.706. The Bertz CT molecular complexity index is 508. The molecule has 1 aliphatic rings. The first-order valence-corrected chi connectivity index (χ1v) is 5.26. The topological polar surface area (TPSA) is 47.0 Å². The van der Waals surface area contributed by atoms with Crippen molar-refractivity contribution in [1.82, 2.24) is 4.98 Å². The molecule has 0 fully saturated rings. The normalized spacial score (nSPS) is 21.6. The molecule has 0 N–H and O–H groups in total. The summed E-state index contributed by atoms with van der Waals surface area (Å²) in [7, 11) is -3.74. The highest BCUT2D eigenvalue weighted by Crippen LogP contribution is 2.37. The highest BCUT2D eigenvalue weighted by molar-refractivity contribution is 7.94. The van der Waals surface area contributed by atoms with Gasteiger partial charge >= 0.3 is 5.92 Å². The van der Waals surface area contributed by atoms with Gasteiger partial charge in [0.05, 0.1) is 4.90 Å². The fraction of sp³-hybridized carbons (Fsp3) is 0.125. The van der Waals surface area contributed by atoms with E-state index in [1.807, 2.05) is 0 Å². The lowest BCUT2D eigenvalue weighted by Gasteiger charge is -2.18. The molecule has 1 aromatic rings. The van der Waals surface area contributed by atoms with Crippen molar-refractivity contribution >= 4 is 9.84 Å². The molecule has 0 radical (unpaired) electrons. The molecule has 0 aromatic carbocycles. The SMILES string of the molecule is O=S1(=O)C=CC(F)(F)c2ncccc21. The maximum atomic E-state index is 13.1. The Morgan fingerprint density at radius 3 is 2.71 bits per heavy atom. The summed E-state index contributed by atoms with van der Waals surface area (Å²) in [6.07, 6.45) is 1.49. The number of aromatic nitrogens is 1. The maximum Gasteiger partial charge on any atom is 0.310 e. The van der Waals surface area contributed by atoms with Crippen LogP contribution in [0.4, 0.5) is 8.78 Å². The van der Waals surface area contributed by atoms with Crippen LogP contribution < -0.4 is 0 Å². The van der Waals surface area contributed by atoms with Crippen LogP contribution in [0, 0.1) is 0 Å². The number of fused-ring (bicyclic) bond motifs is 1. The van der Waals surface area contributed by atoms with Crippen molar-refractivity contribution in [2.24, 2.45) is 0 Å². The fourth-order valence-electron chi connectivity index (χ4n) is 1.20. The van der Waals surface area contributed by atoms with Crippen LogP contribution in [0.25, 0.3) is 0 Å². The standard InChI is InChI=1S/C8H5F2NO2S/c9-8(10)3-5-14(12,13)6-2-1-4-11-7(6)8/h1-5H. The van der Waals surface area contributed by atoms with Crippen molar-refractivity contribution in [3.8, 4) is 0 Å². The lowest BCUT2D eigenvalue weighted by Crippen LogP contribution is -2.21. The van der Waals surface area contributed by atoms with Crippen molar-refractivity contribution < 1.29 is 17.2 Å². The third-order valence-electron chi connectivity index (χ3n) is 1.85. The molecular formula is C8H5F2NO2S. The van der Waals surface area contributed by atoms with E-state index in [1.54, 1.807) is 0 Å². The van der Waals surface area contributed by atoms with E-state index in [9.17, 15) is 17.2 Å². The molecule has 0 bridgehead atoms. The van der Waals surface area contributed by atoms with Crippen LogP contribution in [-0.4, -0.2) is 13.4 Å². The third kappa shape index (κ3) is 1.22. The molecule has 14 heavy (non-hydrogen) atoms. The van der Waals surface area contributed by atoms with E-state index in [-0.39, 0.29) is 0 Å². The zero-order valence-electron chi connectivity index (χ0n) is 6.81.